The van der Waals surface area contributed by atoms with Crippen LogP contribution >= 0.6 is 0 Å². The van der Waals surface area contributed by atoms with Gasteiger partial charge in [-0.2, -0.15) is 0 Å². The highest BCUT2D eigenvalue weighted by Gasteiger charge is 2.41. The summed E-state index contributed by atoms with van der Waals surface area (Å²) in [5.41, 5.74) is 3.78. The lowest BCUT2D eigenvalue weighted by Crippen LogP contribution is -2.47. The molecule has 3 aliphatic rings. The molecule has 0 radical (unpaired) electrons. The average Bonchev–Trinajstić information content (AvgIpc) is 3.26. The molecule has 2 bridgehead atoms. The van der Waals surface area contributed by atoms with Gasteiger partial charge in [-0.1, -0.05) is 36.8 Å². The number of rotatable bonds is 4. The third-order valence-corrected chi connectivity index (χ3v) is 7.97. The molecule has 2 unspecified atom stereocenters. The van der Waals surface area contributed by atoms with Gasteiger partial charge in [0.15, 0.2) is 5.82 Å². The Bertz CT molecular complexity index is 1350. The molecule has 2 heterocycles. The van der Waals surface area contributed by atoms with Crippen molar-refractivity contribution >= 4 is 16.7 Å². The van der Waals surface area contributed by atoms with E-state index in [9.17, 15) is 8.78 Å². The summed E-state index contributed by atoms with van der Waals surface area (Å²) in [5.74, 6) is 1.97. The number of hydrogen-bond donors (Lipinski definition) is 2. The lowest BCUT2D eigenvalue weighted by molar-refractivity contribution is 0.0928. The van der Waals surface area contributed by atoms with Gasteiger partial charge in [0, 0.05) is 40.9 Å². The van der Waals surface area contributed by atoms with Gasteiger partial charge in [-0.15, -0.1) is 0 Å². The fourth-order valence-corrected chi connectivity index (χ4v) is 6.03. The number of anilines is 1. The molecule has 174 valence electrons. The number of hydrogen-bond acceptors (Lipinski definition) is 3. The fraction of sp³-hybridized carbons (Fsp3) is 0.357. The van der Waals surface area contributed by atoms with Crippen molar-refractivity contribution in [3.8, 4) is 22.6 Å². The molecule has 3 aliphatic carbocycles. The maximum Gasteiger partial charge on any atom is 0.164 e. The van der Waals surface area contributed by atoms with Crippen molar-refractivity contribution in [2.75, 3.05) is 5.32 Å². The smallest absolute Gasteiger partial charge is 0.164 e. The van der Waals surface area contributed by atoms with Crippen molar-refractivity contribution in [1.29, 1.82) is 0 Å². The van der Waals surface area contributed by atoms with Crippen molar-refractivity contribution in [2.24, 2.45) is 17.8 Å². The lowest BCUT2D eigenvalue weighted by Gasteiger charge is -2.47. The summed E-state index contributed by atoms with van der Waals surface area (Å²) in [6.07, 6.45) is 6.82. The summed E-state index contributed by atoms with van der Waals surface area (Å²) >= 11 is 0. The van der Waals surface area contributed by atoms with Crippen LogP contribution < -0.4 is 5.32 Å². The molecular weight excluding hydrogens is 430 g/mol. The first-order chi connectivity index (χ1) is 16.5. The zero-order chi connectivity index (χ0) is 23.4. The minimum absolute atomic E-state index is 0.258. The first-order valence-electron chi connectivity index (χ1n) is 12.2. The van der Waals surface area contributed by atoms with Crippen LogP contribution in [-0.2, 0) is 0 Å². The van der Waals surface area contributed by atoms with Crippen molar-refractivity contribution in [3.63, 3.8) is 0 Å². The number of benzene rings is 2. The van der Waals surface area contributed by atoms with Gasteiger partial charge in [-0.3, -0.25) is 0 Å². The molecule has 3 saturated carbocycles. The third-order valence-electron chi connectivity index (χ3n) is 7.97. The van der Waals surface area contributed by atoms with Crippen LogP contribution in [0.2, 0.25) is 0 Å². The van der Waals surface area contributed by atoms with Crippen LogP contribution in [0.5, 0.6) is 0 Å². The van der Waals surface area contributed by atoms with Crippen molar-refractivity contribution in [2.45, 2.75) is 45.6 Å². The van der Waals surface area contributed by atoms with E-state index >= 15 is 0 Å². The second-order valence-corrected chi connectivity index (χ2v) is 10.0. The molecule has 0 aliphatic heterocycles. The van der Waals surface area contributed by atoms with Crippen LogP contribution in [-0.4, -0.2) is 21.0 Å². The van der Waals surface area contributed by atoms with Gasteiger partial charge < -0.3 is 10.3 Å². The van der Waals surface area contributed by atoms with E-state index in [2.05, 4.69) is 36.3 Å². The van der Waals surface area contributed by atoms with Gasteiger partial charge in [0.1, 0.15) is 17.5 Å². The van der Waals surface area contributed by atoms with Gasteiger partial charge in [0.2, 0.25) is 0 Å². The number of nitrogens with one attached hydrogen (secondary N) is 2. The normalized spacial score (nSPS) is 24.0. The molecule has 0 saturated heterocycles. The standard InChI is InChI=1S/C28H28F2N4/c1-15-3-5-18(6-4-15)24-13-25(33-26-16(2)17-7-9-19(26)10-8-17)34-28(32-24)22-14-31-27-21(22)11-20(29)12-23(27)30/h3-6,11-14,16-17,19,26,31H,7-10H2,1-2H3,(H,32,33,34). The summed E-state index contributed by atoms with van der Waals surface area (Å²) in [6.45, 7) is 4.40. The van der Waals surface area contributed by atoms with Crippen molar-refractivity contribution in [1.82, 2.24) is 15.0 Å². The van der Waals surface area contributed by atoms with Crippen molar-refractivity contribution < 1.29 is 8.78 Å². The Labute approximate surface area is 197 Å². The van der Waals surface area contributed by atoms with Crippen LogP contribution in [0.1, 0.15) is 38.2 Å². The Hall–Kier alpha value is -3.28. The number of H-pyrrole nitrogens is 1. The fourth-order valence-electron chi connectivity index (χ4n) is 6.03. The number of aryl methyl sites for hydroxylation is 1. The van der Waals surface area contributed by atoms with E-state index < -0.39 is 11.6 Å². The van der Waals surface area contributed by atoms with Gasteiger partial charge in [-0.25, -0.2) is 18.7 Å². The first kappa shape index (κ1) is 21.3. The zero-order valence-electron chi connectivity index (χ0n) is 19.4. The molecule has 2 aromatic carbocycles. The minimum Gasteiger partial charge on any atom is -0.367 e. The molecule has 3 fully saturated rings. The predicted octanol–water partition coefficient (Wildman–Crippen LogP) is 7.12. The topological polar surface area (TPSA) is 53.6 Å². The zero-order valence-corrected chi connectivity index (χ0v) is 19.4. The molecular formula is C28H28F2N4. The second-order valence-electron chi connectivity index (χ2n) is 10.0. The molecule has 0 amide bonds. The molecule has 7 rings (SSSR count). The molecule has 4 aromatic rings. The highest BCUT2D eigenvalue weighted by Crippen LogP contribution is 2.46. The highest BCUT2D eigenvalue weighted by atomic mass is 19.1. The van der Waals surface area contributed by atoms with E-state index in [0.717, 1.165) is 29.1 Å². The quantitative estimate of drug-likeness (QED) is 0.342. The lowest BCUT2D eigenvalue weighted by atomic mass is 9.62. The molecule has 4 nitrogen and oxygen atoms in total. The Balaban J connectivity index is 1.47. The second kappa shape index (κ2) is 8.19. The van der Waals surface area contributed by atoms with Gasteiger partial charge in [0.25, 0.3) is 0 Å². The molecule has 2 N–H and O–H groups in total. The SMILES string of the molecule is Cc1ccc(-c2cc(NC3C4CCC(CC4)C3C)nc(-c3c[nH]c4c(F)cc(F)cc34)n2)cc1. The van der Waals surface area contributed by atoms with E-state index in [0.29, 0.717) is 34.7 Å². The highest BCUT2D eigenvalue weighted by molar-refractivity contribution is 5.94. The Morgan fingerprint density at radius 1 is 0.941 bits per heavy atom. The van der Waals surface area contributed by atoms with E-state index in [1.54, 1.807) is 6.20 Å². The van der Waals surface area contributed by atoms with Gasteiger partial charge >= 0.3 is 0 Å². The van der Waals surface area contributed by atoms with Crippen LogP contribution in [0.3, 0.4) is 0 Å². The Morgan fingerprint density at radius 2 is 1.68 bits per heavy atom. The van der Waals surface area contributed by atoms with E-state index in [-0.39, 0.29) is 5.52 Å². The minimum atomic E-state index is -0.624. The molecule has 0 spiro atoms. The Kier molecular flexibility index (Phi) is 5.12. The van der Waals surface area contributed by atoms with Crippen LogP contribution in [0.4, 0.5) is 14.6 Å². The van der Waals surface area contributed by atoms with Crippen LogP contribution in [0, 0.1) is 36.3 Å². The molecule has 2 atom stereocenters. The average molecular weight is 459 g/mol. The number of aromatic amines is 1. The maximum absolute atomic E-state index is 14.4. The summed E-state index contributed by atoms with van der Waals surface area (Å²) in [4.78, 5) is 12.6. The monoisotopic (exact) mass is 458 g/mol. The largest absolute Gasteiger partial charge is 0.367 e. The number of halogens is 2. The maximum atomic E-state index is 14.4. The Morgan fingerprint density at radius 3 is 2.41 bits per heavy atom. The third kappa shape index (κ3) is 3.65. The van der Waals surface area contributed by atoms with E-state index in [1.807, 2.05) is 18.2 Å². The molecule has 6 heteroatoms. The van der Waals surface area contributed by atoms with E-state index in [1.165, 1.54) is 37.3 Å². The first-order valence-corrected chi connectivity index (χ1v) is 12.2. The van der Waals surface area contributed by atoms with Gasteiger partial charge in [-0.05, 0) is 56.4 Å². The molecule has 2 aromatic heterocycles. The van der Waals surface area contributed by atoms with Crippen molar-refractivity contribution in [3.05, 3.63) is 65.9 Å². The predicted molar refractivity (Wildman–Crippen MR) is 131 cm³/mol. The molecule has 34 heavy (non-hydrogen) atoms. The van der Waals surface area contributed by atoms with Crippen LogP contribution in [0.15, 0.2) is 48.7 Å². The van der Waals surface area contributed by atoms with Gasteiger partial charge in [0.05, 0.1) is 11.2 Å². The summed E-state index contributed by atoms with van der Waals surface area (Å²) < 4.78 is 28.4. The number of aromatic nitrogens is 3. The number of fused-ring (bicyclic) bond motifs is 4. The summed E-state index contributed by atoms with van der Waals surface area (Å²) in [6, 6.07) is 12.8. The van der Waals surface area contributed by atoms with E-state index in [4.69, 9.17) is 9.97 Å². The summed E-state index contributed by atoms with van der Waals surface area (Å²) in [7, 11) is 0. The number of nitrogens with zero attached hydrogens (tertiary/aromatic N) is 2. The van der Waals surface area contributed by atoms with Crippen LogP contribution in [0.25, 0.3) is 33.5 Å². The summed E-state index contributed by atoms with van der Waals surface area (Å²) in [5, 5.41) is 4.19.